The van der Waals surface area contributed by atoms with E-state index in [1.807, 2.05) is 13.8 Å². The van der Waals surface area contributed by atoms with Crippen LogP contribution in [-0.2, 0) is 4.79 Å². The van der Waals surface area contributed by atoms with Gasteiger partial charge in [-0.2, -0.15) is 0 Å². The molecule has 7 heteroatoms. The van der Waals surface area contributed by atoms with Gasteiger partial charge < -0.3 is 21.3 Å². The zero-order chi connectivity index (χ0) is 20.4. The smallest absolute Gasteiger partial charge is 0.251 e. The summed E-state index contributed by atoms with van der Waals surface area (Å²) in [7, 11) is 0. The van der Waals surface area contributed by atoms with Crippen molar-refractivity contribution in [3.8, 4) is 0 Å². The molecule has 2 aromatic carbocycles. The molecule has 0 atom stereocenters. The van der Waals surface area contributed by atoms with E-state index < -0.39 is 0 Å². The summed E-state index contributed by atoms with van der Waals surface area (Å²) < 4.78 is 0. The highest BCUT2D eigenvalue weighted by Crippen LogP contribution is 2.12. The molecule has 148 valence electrons. The minimum absolute atomic E-state index is 0.0623. The predicted molar refractivity (Wildman–Crippen MR) is 111 cm³/mol. The molecule has 2 aromatic rings. The van der Waals surface area contributed by atoms with Gasteiger partial charge in [0.25, 0.3) is 11.8 Å². The Hall–Kier alpha value is -3.35. The predicted octanol–water partition coefficient (Wildman–Crippen LogP) is 2.63. The molecule has 0 aliphatic heterocycles. The van der Waals surface area contributed by atoms with Crippen LogP contribution in [0.5, 0.6) is 0 Å². The summed E-state index contributed by atoms with van der Waals surface area (Å²) in [6.45, 7) is 5.08. The first kappa shape index (κ1) is 21.0. The number of benzene rings is 2. The third-order valence-electron chi connectivity index (χ3n) is 3.88. The monoisotopic (exact) mass is 382 g/mol. The van der Waals surface area contributed by atoms with Crippen molar-refractivity contribution >= 4 is 29.1 Å². The lowest BCUT2D eigenvalue weighted by Crippen LogP contribution is -2.24. The van der Waals surface area contributed by atoms with Gasteiger partial charge in [0.1, 0.15) is 0 Å². The van der Waals surface area contributed by atoms with Crippen LogP contribution in [0.1, 0.15) is 41.0 Å². The van der Waals surface area contributed by atoms with Crippen LogP contribution in [-0.4, -0.2) is 37.4 Å². The van der Waals surface area contributed by atoms with E-state index in [2.05, 4.69) is 21.3 Å². The van der Waals surface area contributed by atoms with Crippen LogP contribution in [0.3, 0.4) is 0 Å². The van der Waals surface area contributed by atoms with E-state index in [1.54, 1.807) is 48.5 Å². The maximum Gasteiger partial charge on any atom is 0.251 e. The number of amides is 3. The topological polar surface area (TPSA) is 99.3 Å². The van der Waals surface area contributed by atoms with Crippen molar-refractivity contribution in [3.05, 3.63) is 59.7 Å². The Morgan fingerprint density at radius 1 is 0.821 bits per heavy atom. The molecular formula is C21H26N4O3. The van der Waals surface area contributed by atoms with Crippen LogP contribution in [0.4, 0.5) is 11.4 Å². The highest BCUT2D eigenvalue weighted by Gasteiger charge is 2.08. The number of nitrogens with one attached hydrogen (secondary N) is 4. The van der Waals surface area contributed by atoms with Crippen molar-refractivity contribution in [1.82, 2.24) is 10.6 Å². The number of carbonyl (C=O) groups excluding carboxylic acids is 3. The summed E-state index contributed by atoms with van der Waals surface area (Å²) in [4.78, 5) is 35.9. The third kappa shape index (κ3) is 6.42. The average molecular weight is 382 g/mol. The molecule has 0 aromatic heterocycles. The van der Waals surface area contributed by atoms with E-state index in [-0.39, 0.29) is 24.3 Å². The van der Waals surface area contributed by atoms with E-state index in [9.17, 15) is 14.4 Å². The summed E-state index contributed by atoms with van der Waals surface area (Å²) in [5.41, 5.74) is 2.35. The van der Waals surface area contributed by atoms with E-state index in [0.717, 1.165) is 12.1 Å². The van der Waals surface area contributed by atoms with Gasteiger partial charge in [-0.3, -0.25) is 14.4 Å². The molecule has 0 fully saturated rings. The first-order chi connectivity index (χ1) is 13.5. The second-order valence-electron chi connectivity index (χ2n) is 6.18. The van der Waals surface area contributed by atoms with E-state index >= 15 is 0 Å². The van der Waals surface area contributed by atoms with Gasteiger partial charge in [-0.1, -0.05) is 13.0 Å². The molecule has 0 saturated heterocycles. The van der Waals surface area contributed by atoms with Crippen LogP contribution in [0.25, 0.3) is 0 Å². The van der Waals surface area contributed by atoms with Gasteiger partial charge >= 0.3 is 0 Å². The Labute approximate surface area is 164 Å². The van der Waals surface area contributed by atoms with E-state index in [1.165, 1.54) is 0 Å². The standard InChI is InChI=1S/C21H26N4O3/c1-3-12-23-20(27)15-8-10-17(11-9-15)24-14-19(26)25-18-7-5-6-16(13-18)21(28)22-4-2/h5-11,13,24H,3-4,12,14H2,1-2H3,(H,22,28)(H,23,27)(H,25,26). The molecule has 0 radical (unpaired) electrons. The molecular weight excluding hydrogens is 356 g/mol. The summed E-state index contributed by atoms with van der Waals surface area (Å²) in [6.07, 6.45) is 0.882. The SMILES string of the molecule is CCCNC(=O)c1ccc(NCC(=O)Nc2cccc(C(=O)NCC)c2)cc1. The molecule has 0 spiro atoms. The van der Waals surface area contributed by atoms with Crippen LogP contribution in [0, 0.1) is 0 Å². The maximum absolute atomic E-state index is 12.1. The van der Waals surface area contributed by atoms with Gasteiger partial charge in [0.05, 0.1) is 6.54 Å². The maximum atomic E-state index is 12.1. The fraction of sp³-hybridized carbons (Fsp3) is 0.286. The molecule has 2 rings (SSSR count). The first-order valence-electron chi connectivity index (χ1n) is 9.33. The Bertz CT molecular complexity index is 819. The first-order valence-corrected chi connectivity index (χ1v) is 9.33. The van der Waals surface area contributed by atoms with Crippen LogP contribution < -0.4 is 21.3 Å². The zero-order valence-corrected chi connectivity index (χ0v) is 16.2. The fourth-order valence-corrected chi connectivity index (χ4v) is 2.47. The number of rotatable bonds is 9. The molecule has 28 heavy (non-hydrogen) atoms. The lowest BCUT2D eigenvalue weighted by Gasteiger charge is -2.10. The molecule has 3 amide bonds. The van der Waals surface area contributed by atoms with Crippen molar-refractivity contribution in [1.29, 1.82) is 0 Å². The van der Waals surface area contributed by atoms with Crippen LogP contribution in [0.15, 0.2) is 48.5 Å². The quantitative estimate of drug-likeness (QED) is 0.536. The van der Waals surface area contributed by atoms with Gasteiger partial charge in [0.15, 0.2) is 0 Å². The number of hydrogen-bond donors (Lipinski definition) is 4. The van der Waals surface area contributed by atoms with E-state index in [4.69, 9.17) is 0 Å². The molecule has 0 aliphatic rings. The summed E-state index contributed by atoms with van der Waals surface area (Å²) in [5.74, 6) is -0.532. The fourth-order valence-electron chi connectivity index (χ4n) is 2.47. The van der Waals surface area contributed by atoms with Crippen molar-refractivity contribution in [2.24, 2.45) is 0 Å². The Balaban J connectivity index is 1.86. The lowest BCUT2D eigenvalue weighted by molar-refractivity contribution is -0.114. The summed E-state index contributed by atoms with van der Waals surface area (Å²) in [6, 6.07) is 13.7. The van der Waals surface area contributed by atoms with Crippen LogP contribution in [0.2, 0.25) is 0 Å². The van der Waals surface area contributed by atoms with Gasteiger partial charge in [-0.15, -0.1) is 0 Å². The molecule has 0 bridgehead atoms. The van der Waals surface area contributed by atoms with Gasteiger partial charge in [0.2, 0.25) is 5.91 Å². The zero-order valence-electron chi connectivity index (χ0n) is 16.2. The van der Waals surface area contributed by atoms with Gasteiger partial charge in [-0.05, 0) is 55.8 Å². The molecule has 0 saturated carbocycles. The van der Waals surface area contributed by atoms with Gasteiger partial charge in [0, 0.05) is 35.6 Å². The number of hydrogen-bond acceptors (Lipinski definition) is 4. The third-order valence-corrected chi connectivity index (χ3v) is 3.88. The van der Waals surface area contributed by atoms with Crippen LogP contribution >= 0.6 is 0 Å². The molecule has 0 unspecified atom stereocenters. The van der Waals surface area contributed by atoms with Gasteiger partial charge in [-0.25, -0.2) is 0 Å². The lowest BCUT2D eigenvalue weighted by atomic mass is 10.2. The van der Waals surface area contributed by atoms with Crippen molar-refractivity contribution in [3.63, 3.8) is 0 Å². The Morgan fingerprint density at radius 3 is 2.21 bits per heavy atom. The largest absolute Gasteiger partial charge is 0.376 e. The Morgan fingerprint density at radius 2 is 1.54 bits per heavy atom. The molecule has 4 N–H and O–H groups in total. The minimum atomic E-state index is -0.238. The Kier molecular flexibility index (Phi) is 8.02. The second kappa shape index (κ2) is 10.7. The number of carbonyl (C=O) groups is 3. The van der Waals surface area contributed by atoms with Crippen molar-refractivity contribution < 1.29 is 14.4 Å². The molecule has 7 nitrogen and oxygen atoms in total. The second-order valence-corrected chi connectivity index (χ2v) is 6.18. The summed E-state index contributed by atoms with van der Waals surface area (Å²) >= 11 is 0. The molecule has 0 heterocycles. The number of anilines is 2. The van der Waals surface area contributed by atoms with Crippen molar-refractivity contribution in [2.45, 2.75) is 20.3 Å². The highest BCUT2D eigenvalue weighted by atomic mass is 16.2. The summed E-state index contributed by atoms with van der Waals surface area (Å²) in [5, 5.41) is 11.3. The molecule has 0 aliphatic carbocycles. The normalized spacial score (nSPS) is 10.1. The minimum Gasteiger partial charge on any atom is -0.376 e. The van der Waals surface area contributed by atoms with E-state index in [0.29, 0.717) is 29.9 Å². The van der Waals surface area contributed by atoms with Crippen molar-refractivity contribution in [2.75, 3.05) is 30.3 Å². The highest BCUT2D eigenvalue weighted by molar-refractivity contribution is 5.98. The average Bonchev–Trinajstić information content (AvgIpc) is 2.71.